The third-order valence-corrected chi connectivity index (χ3v) is 6.26. The number of fused-ring (bicyclic) bond motifs is 1. The van der Waals surface area contributed by atoms with Gasteiger partial charge in [-0.2, -0.15) is 5.10 Å². The first-order valence-electron chi connectivity index (χ1n) is 11.1. The number of likely N-dealkylation sites (tertiary alicyclic amines) is 1. The van der Waals surface area contributed by atoms with E-state index in [4.69, 9.17) is 0 Å². The molecular weight excluding hydrogens is 405 g/mol. The summed E-state index contributed by atoms with van der Waals surface area (Å²) in [6.07, 6.45) is 11.7. The van der Waals surface area contributed by atoms with Gasteiger partial charge in [-0.05, 0) is 49.7 Å². The Morgan fingerprint density at radius 3 is 2.88 bits per heavy atom. The Morgan fingerprint density at radius 1 is 1.19 bits per heavy atom. The fourth-order valence-corrected chi connectivity index (χ4v) is 4.58. The van der Waals surface area contributed by atoms with E-state index in [1.165, 1.54) is 0 Å². The molecule has 1 saturated heterocycles. The van der Waals surface area contributed by atoms with Gasteiger partial charge in [0.15, 0.2) is 0 Å². The molecule has 3 heterocycles. The predicted octanol–water partition coefficient (Wildman–Crippen LogP) is 3.90. The maximum atomic E-state index is 14.1. The van der Waals surface area contributed by atoms with Crippen LogP contribution in [0.15, 0.2) is 67.0 Å². The third-order valence-electron chi connectivity index (χ3n) is 6.26. The number of H-pyrrole nitrogens is 1. The number of nitrogens with one attached hydrogen (secondary N) is 2. The van der Waals surface area contributed by atoms with Gasteiger partial charge in [-0.15, -0.1) is 0 Å². The van der Waals surface area contributed by atoms with Crippen LogP contribution in [0.3, 0.4) is 0 Å². The van der Waals surface area contributed by atoms with Crippen molar-refractivity contribution in [1.29, 1.82) is 0 Å². The van der Waals surface area contributed by atoms with Crippen molar-refractivity contribution >= 4 is 16.8 Å². The Hall–Kier alpha value is -3.32. The molecule has 2 N–H and O–H groups in total. The van der Waals surface area contributed by atoms with Crippen LogP contribution in [0.4, 0.5) is 4.39 Å². The third kappa shape index (κ3) is 4.34. The molecule has 1 fully saturated rings. The van der Waals surface area contributed by atoms with Crippen LogP contribution in [0, 0.1) is 5.92 Å². The number of halogens is 1. The molecule has 164 valence electrons. The van der Waals surface area contributed by atoms with Crippen LogP contribution < -0.4 is 5.32 Å². The summed E-state index contributed by atoms with van der Waals surface area (Å²) in [6, 6.07) is 9.45. The van der Waals surface area contributed by atoms with Crippen molar-refractivity contribution in [1.82, 2.24) is 25.4 Å². The number of rotatable bonds is 5. The molecule has 2 aliphatic rings. The van der Waals surface area contributed by atoms with Gasteiger partial charge < -0.3 is 10.2 Å². The second-order valence-corrected chi connectivity index (χ2v) is 8.52. The molecule has 0 bridgehead atoms. The molecule has 1 aliphatic heterocycles. The fraction of sp³-hybridized carbons (Fsp3) is 0.320. The SMILES string of the molecule is O=C(N[C@@H]1CCCN(CC2C=CC=CC2F)C1)c1ccc2[nH]nc(-c3ccncc3)c2c1. The predicted molar refractivity (Wildman–Crippen MR) is 123 cm³/mol. The average molecular weight is 432 g/mol. The number of amides is 1. The smallest absolute Gasteiger partial charge is 0.251 e. The maximum Gasteiger partial charge on any atom is 0.251 e. The topological polar surface area (TPSA) is 73.9 Å². The molecule has 0 radical (unpaired) electrons. The molecule has 1 amide bonds. The van der Waals surface area contributed by atoms with Crippen molar-refractivity contribution in [3.05, 3.63) is 72.6 Å². The molecule has 3 atom stereocenters. The second kappa shape index (κ2) is 9.04. The molecule has 0 spiro atoms. The van der Waals surface area contributed by atoms with Gasteiger partial charge in [-0.3, -0.25) is 14.9 Å². The lowest BCUT2D eigenvalue weighted by molar-refractivity contribution is 0.0892. The molecule has 5 rings (SSSR count). The van der Waals surface area contributed by atoms with Crippen molar-refractivity contribution in [2.24, 2.45) is 5.92 Å². The minimum atomic E-state index is -0.939. The molecule has 32 heavy (non-hydrogen) atoms. The number of benzene rings is 1. The average Bonchev–Trinajstić information content (AvgIpc) is 3.25. The first-order chi connectivity index (χ1) is 15.7. The largest absolute Gasteiger partial charge is 0.348 e. The van der Waals surface area contributed by atoms with Crippen molar-refractivity contribution < 1.29 is 9.18 Å². The van der Waals surface area contributed by atoms with Gasteiger partial charge in [0.1, 0.15) is 11.9 Å². The first-order valence-corrected chi connectivity index (χ1v) is 11.1. The van der Waals surface area contributed by atoms with Crippen LogP contribution in [-0.4, -0.2) is 57.8 Å². The van der Waals surface area contributed by atoms with Gasteiger partial charge in [-0.25, -0.2) is 4.39 Å². The number of alkyl halides is 1. The lowest BCUT2D eigenvalue weighted by Gasteiger charge is -2.35. The lowest BCUT2D eigenvalue weighted by atomic mass is 9.96. The van der Waals surface area contributed by atoms with Crippen molar-refractivity contribution in [3.8, 4) is 11.3 Å². The van der Waals surface area contributed by atoms with E-state index in [9.17, 15) is 9.18 Å². The zero-order valence-electron chi connectivity index (χ0n) is 17.7. The number of allylic oxidation sites excluding steroid dienone is 3. The fourth-order valence-electron chi connectivity index (χ4n) is 4.58. The summed E-state index contributed by atoms with van der Waals surface area (Å²) < 4.78 is 14.1. The Balaban J connectivity index is 1.27. The van der Waals surface area contributed by atoms with Crippen molar-refractivity contribution in [3.63, 3.8) is 0 Å². The summed E-state index contributed by atoms with van der Waals surface area (Å²) >= 11 is 0. The van der Waals surface area contributed by atoms with E-state index in [1.807, 2.05) is 42.5 Å². The molecular formula is C25H26FN5O. The lowest BCUT2D eigenvalue weighted by Crippen LogP contribution is -2.49. The van der Waals surface area contributed by atoms with Crippen molar-refractivity contribution in [2.75, 3.05) is 19.6 Å². The quantitative estimate of drug-likeness (QED) is 0.643. The Morgan fingerprint density at radius 2 is 2.03 bits per heavy atom. The van der Waals surface area contributed by atoms with Gasteiger partial charge in [0.05, 0.1) is 5.52 Å². The number of piperidine rings is 1. The Labute approximate surface area is 186 Å². The number of carbonyl (C=O) groups excluding carboxylic acids is 1. The van der Waals surface area contributed by atoms with E-state index in [1.54, 1.807) is 24.5 Å². The highest BCUT2D eigenvalue weighted by molar-refractivity contribution is 6.01. The number of hydrogen-bond donors (Lipinski definition) is 2. The molecule has 6 nitrogen and oxygen atoms in total. The highest BCUT2D eigenvalue weighted by Crippen LogP contribution is 2.27. The zero-order valence-corrected chi connectivity index (χ0v) is 17.7. The monoisotopic (exact) mass is 431 g/mol. The van der Waals surface area contributed by atoms with E-state index in [-0.39, 0.29) is 17.9 Å². The second-order valence-electron chi connectivity index (χ2n) is 8.52. The normalized spacial score (nSPS) is 23.5. The van der Waals surface area contributed by atoms with Gasteiger partial charge >= 0.3 is 0 Å². The number of carbonyl (C=O) groups is 1. The van der Waals surface area contributed by atoms with Crippen LogP contribution >= 0.6 is 0 Å². The Kier molecular flexibility index (Phi) is 5.81. The van der Waals surface area contributed by atoms with E-state index in [0.717, 1.165) is 48.1 Å². The van der Waals surface area contributed by atoms with Gasteiger partial charge in [0, 0.05) is 54.0 Å². The summed E-state index contributed by atoms with van der Waals surface area (Å²) in [4.78, 5) is 19.3. The highest BCUT2D eigenvalue weighted by Gasteiger charge is 2.26. The van der Waals surface area contributed by atoms with Gasteiger partial charge in [0.2, 0.25) is 0 Å². The molecule has 3 aromatic rings. The van der Waals surface area contributed by atoms with Crippen LogP contribution in [0.1, 0.15) is 23.2 Å². The van der Waals surface area contributed by atoms with E-state index in [2.05, 4.69) is 25.4 Å². The summed E-state index contributed by atoms with van der Waals surface area (Å²) in [5, 5.41) is 11.5. The number of pyridine rings is 1. The molecule has 7 heteroatoms. The minimum Gasteiger partial charge on any atom is -0.348 e. The van der Waals surface area contributed by atoms with Gasteiger partial charge in [-0.1, -0.05) is 24.3 Å². The van der Waals surface area contributed by atoms with Crippen LogP contribution in [-0.2, 0) is 0 Å². The summed E-state index contributed by atoms with van der Waals surface area (Å²) in [5.41, 5.74) is 3.24. The van der Waals surface area contributed by atoms with Crippen LogP contribution in [0.2, 0.25) is 0 Å². The minimum absolute atomic E-state index is 0.0529. The zero-order chi connectivity index (χ0) is 21.9. The van der Waals surface area contributed by atoms with E-state index >= 15 is 0 Å². The van der Waals surface area contributed by atoms with Crippen molar-refractivity contribution in [2.45, 2.75) is 25.1 Å². The molecule has 2 aromatic heterocycles. The first kappa shape index (κ1) is 20.6. The molecule has 1 aromatic carbocycles. The van der Waals surface area contributed by atoms with Crippen LogP contribution in [0.5, 0.6) is 0 Å². The van der Waals surface area contributed by atoms with Gasteiger partial charge in [0.25, 0.3) is 5.91 Å². The Bertz CT molecular complexity index is 1160. The summed E-state index contributed by atoms with van der Waals surface area (Å²) in [5.74, 6) is -0.214. The molecule has 0 saturated carbocycles. The molecule has 1 aliphatic carbocycles. The van der Waals surface area contributed by atoms with E-state index in [0.29, 0.717) is 12.1 Å². The number of hydrogen-bond acceptors (Lipinski definition) is 4. The number of aromatic nitrogens is 3. The summed E-state index contributed by atoms with van der Waals surface area (Å²) in [7, 11) is 0. The standard InChI is InChI=1S/C25H26FN5O/c26-22-6-2-1-4-19(22)15-31-13-3-5-20(16-31)28-25(32)18-7-8-23-21(14-18)24(30-29-23)17-9-11-27-12-10-17/h1-2,4,6-12,14,19-20,22H,3,5,13,15-16H2,(H,28,32)(H,29,30)/t19?,20-,22?/m1/s1. The molecule has 2 unspecified atom stereocenters. The van der Waals surface area contributed by atoms with Crippen LogP contribution in [0.25, 0.3) is 22.2 Å². The number of aromatic amines is 1. The summed E-state index contributed by atoms with van der Waals surface area (Å²) in [6.45, 7) is 2.34. The van der Waals surface area contributed by atoms with E-state index < -0.39 is 6.17 Å². The highest BCUT2D eigenvalue weighted by atomic mass is 19.1. The number of nitrogens with zero attached hydrogens (tertiary/aromatic N) is 3. The maximum absolute atomic E-state index is 14.1.